The van der Waals surface area contributed by atoms with Gasteiger partial charge in [0.05, 0.1) is 0 Å². The van der Waals surface area contributed by atoms with Gasteiger partial charge in [-0.1, -0.05) is 18.2 Å². The fourth-order valence-electron chi connectivity index (χ4n) is 4.74. The van der Waals surface area contributed by atoms with Crippen molar-refractivity contribution in [2.24, 2.45) is 5.41 Å². The predicted octanol–water partition coefficient (Wildman–Crippen LogP) is 2.56. The number of para-hydroxylation sites is 1. The summed E-state index contributed by atoms with van der Waals surface area (Å²) in [6.45, 7) is 6.44. The first-order valence-corrected chi connectivity index (χ1v) is 10.0. The van der Waals surface area contributed by atoms with E-state index in [2.05, 4.69) is 9.80 Å². The molecule has 1 amide bonds. The number of likely N-dealkylation sites (tertiary alicyclic amines) is 2. The van der Waals surface area contributed by atoms with Gasteiger partial charge in [0.1, 0.15) is 18.5 Å². The zero-order valence-electron chi connectivity index (χ0n) is 15.6. The Bertz CT molecular complexity index is 603. The van der Waals surface area contributed by atoms with Gasteiger partial charge in [-0.15, -0.1) is 0 Å². The van der Waals surface area contributed by atoms with Gasteiger partial charge in [0.2, 0.25) is 0 Å². The number of rotatable bonds is 5. The smallest absolute Gasteiger partial charge is 0.251 e. The van der Waals surface area contributed by atoms with Crippen LogP contribution in [0.5, 0.6) is 5.75 Å². The highest BCUT2D eigenvalue weighted by atomic mass is 16.5. The van der Waals surface area contributed by atoms with Crippen LogP contribution < -0.4 is 4.74 Å². The van der Waals surface area contributed by atoms with Crippen LogP contribution in [0.3, 0.4) is 0 Å². The van der Waals surface area contributed by atoms with E-state index in [-0.39, 0.29) is 17.4 Å². The van der Waals surface area contributed by atoms with Crippen molar-refractivity contribution in [2.75, 3.05) is 45.9 Å². The van der Waals surface area contributed by atoms with E-state index < -0.39 is 0 Å². The molecule has 3 aliphatic heterocycles. The van der Waals surface area contributed by atoms with Gasteiger partial charge >= 0.3 is 0 Å². The number of nitrogens with zero attached hydrogens (tertiary/aromatic N) is 2. The maximum absolute atomic E-state index is 12.7. The first kappa shape index (κ1) is 17.8. The van der Waals surface area contributed by atoms with Gasteiger partial charge in [-0.3, -0.25) is 9.69 Å². The second-order valence-electron chi connectivity index (χ2n) is 8.05. The quantitative estimate of drug-likeness (QED) is 0.811. The fourth-order valence-corrected chi connectivity index (χ4v) is 4.74. The number of piperidine rings is 1. The lowest BCUT2D eigenvalue weighted by Gasteiger charge is -2.40. The van der Waals surface area contributed by atoms with E-state index >= 15 is 0 Å². The molecule has 1 aromatic rings. The zero-order valence-corrected chi connectivity index (χ0v) is 15.6. The summed E-state index contributed by atoms with van der Waals surface area (Å²) in [6.07, 6.45) is 5.31. The van der Waals surface area contributed by atoms with E-state index in [1.54, 1.807) is 0 Å². The molecule has 4 rings (SSSR count). The van der Waals surface area contributed by atoms with Gasteiger partial charge < -0.3 is 14.4 Å². The minimum Gasteiger partial charge on any atom is -0.492 e. The van der Waals surface area contributed by atoms with Crippen molar-refractivity contribution in [1.82, 2.24) is 9.80 Å². The topological polar surface area (TPSA) is 42.0 Å². The number of hydrogen-bond donors (Lipinski definition) is 0. The normalized spacial score (nSPS) is 29.4. The number of hydrogen-bond acceptors (Lipinski definition) is 4. The molecule has 0 radical (unpaired) electrons. The molecule has 2 atom stereocenters. The van der Waals surface area contributed by atoms with Crippen LogP contribution in [-0.2, 0) is 9.53 Å². The summed E-state index contributed by atoms with van der Waals surface area (Å²) in [5.74, 6) is 1.16. The first-order valence-electron chi connectivity index (χ1n) is 10.0. The summed E-state index contributed by atoms with van der Waals surface area (Å²) in [4.78, 5) is 17.2. The molecule has 0 aromatic heterocycles. The molecule has 3 aliphatic rings. The van der Waals surface area contributed by atoms with E-state index in [1.807, 2.05) is 30.3 Å². The van der Waals surface area contributed by atoms with Gasteiger partial charge in [-0.2, -0.15) is 0 Å². The highest BCUT2D eigenvalue weighted by Crippen LogP contribution is 2.39. The lowest BCUT2D eigenvalue weighted by atomic mass is 9.79. The van der Waals surface area contributed by atoms with Crippen LogP contribution in [0.1, 0.15) is 32.1 Å². The maximum Gasteiger partial charge on any atom is 0.251 e. The Hall–Kier alpha value is -1.59. The van der Waals surface area contributed by atoms with Gasteiger partial charge in [0, 0.05) is 38.2 Å². The second-order valence-corrected chi connectivity index (χ2v) is 8.05. The molecule has 142 valence electrons. The average molecular weight is 358 g/mol. The molecule has 0 saturated carbocycles. The largest absolute Gasteiger partial charge is 0.492 e. The summed E-state index contributed by atoms with van der Waals surface area (Å²) < 4.78 is 11.5. The van der Waals surface area contributed by atoms with E-state index in [9.17, 15) is 4.79 Å². The minimum absolute atomic E-state index is 0.177. The summed E-state index contributed by atoms with van der Waals surface area (Å²) in [5.41, 5.74) is 0.277. The summed E-state index contributed by atoms with van der Waals surface area (Å²) >= 11 is 0. The third-order valence-corrected chi connectivity index (χ3v) is 6.12. The van der Waals surface area contributed by atoms with Gasteiger partial charge in [0.25, 0.3) is 5.91 Å². The summed E-state index contributed by atoms with van der Waals surface area (Å²) in [7, 11) is 0. The number of ether oxygens (including phenoxy) is 2. The molecule has 3 heterocycles. The van der Waals surface area contributed by atoms with Crippen LogP contribution in [0, 0.1) is 5.41 Å². The first-order chi connectivity index (χ1) is 12.7. The average Bonchev–Trinajstić information content (AvgIpc) is 3.33. The summed E-state index contributed by atoms with van der Waals surface area (Å²) in [6, 6.07) is 10.0. The van der Waals surface area contributed by atoms with E-state index in [1.165, 1.54) is 12.8 Å². The number of carbonyl (C=O) groups excluding carboxylic acids is 1. The molecule has 0 unspecified atom stereocenters. The fraction of sp³-hybridized carbons (Fsp3) is 0.667. The number of carbonyl (C=O) groups is 1. The third kappa shape index (κ3) is 4.04. The Balaban J connectivity index is 1.27. The monoisotopic (exact) mass is 358 g/mol. The van der Waals surface area contributed by atoms with Gasteiger partial charge in [-0.25, -0.2) is 0 Å². The highest BCUT2D eigenvalue weighted by Gasteiger charge is 2.44. The van der Waals surface area contributed by atoms with Crippen molar-refractivity contribution in [2.45, 2.75) is 38.2 Å². The lowest BCUT2D eigenvalue weighted by Crippen LogP contribution is -2.47. The molecule has 5 nitrogen and oxygen atoms in total. The predicted molar refractivity (Wildman–Crippen MR) is 100 cm³/mol. The van der Waals surface area contributed by atoms with Gasteiger partial charge in [0.15, 0.2) is 0 Å². The van der Waals surface area contributed by atoms with Crippen LogP contribution in [0.15, 0.2) is 30.3 Å². The molecule has 0 bridgehead atoms. The maximum atomic E-state index is 12.7. The standard InChI is InChI=1S/C21H30N2O3/c24-20(19-8-4-14-26-19)23-12-10-21(17-23)9-5-11-22(16-21)13-15-25-18-6-2-1-3-7-18/h1-3,6-7,19H,4-5,8-17H2/t19-,21-/m1/s1. The minimum atomic E-state index is -0.177. The Morgan fingerprint density at radius 1 is 1.15 bits per heavy atom. The van der Waals surface area contributed by atoms with Crippen molar-refractivity contribution in [3.63, 3.8) is 0 Å². The SMILES string of the molecule is O=C([C@H]1CCCO1)N1CC[C@@]2(CCCN(CCOc3ccccc3)C2)C1. The summed E-state index contributed by atoms with van der Waals surface area (Å²) in [5, 5.41) is 0. The van der Waals surface area contributed by atoms with Crippen LogP contribution in [0.2, 0.25) is 0 Å². The molecule has 1 aromatic carbocycles. The molecule has 3 saturated heterocycles. The van der Waals surface area contributed by atoms with Crippen molar-refractivity contribution < 1.29 is 14.3 Å². The van der Waals surface area contributed by atoms with Gasteiger partial charge in [-0.05, 0) is 50.8 Å². The van der Waals surface area contributed by atoms with E-state index in [4.69, 9.17) is 9.47 Å². The Morgan fingerprint density at radius 3 is 2.85 bits per heavy atom. The lowest BCUT2D eigenvalue weighted by molar-refractivity contribution is -0.140. The van der Waals surface area contributed by atoms with Crippen molar-refractivity contribution in [3.8, 4) is 5.75 Å². The van der Waals surface area contributed by atoms with Crippen LogP contribution >= 0.6 is 0 Å². The van der Waals surface area contributed by atoms with E-state index in [0.717, 1.165) is 70.9 Å². The molecule has 0 N–H and O–H groups in total. The van der Waals surface area contributed by atoms with Crippen molar-refractivity contribution in [1.29, 1.82) is 0 Å². The molecule has 26 heavy (non-hydrogen) atoms. The number of amides is 1. The third-order valence-electron chi connectivity index (χ3n) is 6.12. The van der Waals surface area contributed by atoms with Crippen LogP contribution in [0.25, 0.3) is 0 Å². The van der Waals surface area contributed by atoms with E-state index in [0.29, 0.717) is 0 Å². The molecule has 1 spiro atoms. The molecular weight excluding hydrogens is 328 g/mol. The Labute approximate surface area is 156 Å². The molecule has 0 aliphatic carbocycles. The van der Waals surface area contributed by atoms with Crippen LogP contribution in [0.4, 0.5) is 0 Å². The highest BCUT2D eigenvalue weighted by molar-refractivity contribution is 5.81. The number of benzene rings is 1. The molecular formula is C21H30N2O3. The van der Waals surface area contributed by atoms with Crippen LogP contribution in [-0.4, -0.2) is 67.7 Å². The second kappa shape index (κ2) is 7.97. The Kier molecular flexibility index (Phi) is 5.46. The van der Waals surface area contributed by atoms with Crippen molar-refractivity contribution >= 4 is 5.91 Å². The van der Waals surface area contributed by atoms with Crippen molar-refractivity contribution in [3.05, 3.63) is 30.3 Å². The Morgan fingerprint density at radius 2 is 2.04 bits per heavy atom. The molecule has 5 heteroatoms. The zero-order chi connectivity index (χ0) is 17.8. The molecule has 3 fully saturated rings.